The van der Waals surface area contributed by atoms with Crippen LogP contribution in [0.4, 0.5) is 0 Å². The lowest BCUT2D eigenvalue weighted by Gasteiger charge is -2.34. The smallest absolute Gasteiger partial charge is 0.225 e. The Bertz CT molecular complexity index is 1090. The van der Waals surface area contributed by atoms with Crippen molar-refractivity contribution < 1.29 is 28.5 Å². The lowest BCUT2D eigenvalue weighted by molar-refractivity contribution is -0.122. The maximum atomic E-state index is 13.3. The van der Waals surface area contributed by atoms with Crippen molar-refractivity contribution in [3.63, 3.8) is 0 Å². The molecule has 0 saturated heterocycles. The standard InChI is InChI=1S/C25H27NO6/c1-29-20-7-5-14(11-22(20)31-3)16-9-18-25(19(27)10-16)17(13-24(28)26-18)15-6-8-21(30-2)23(12-15)32-4/h5-8,11-12,16-17H,9-10,13H2,1-4H3,(H,26,28)/t16-,17+/m0/s1. The number of rotatable bonds is 6. The van der Waals surface area contributed by atoms with Crippen LogP contribution in [0, 0.1) is 0 Å². The number of carbonyl (C=O) groups is 2. The van der Waals surface area contributed by atoms with Gasteiger partial charge >= 0.3 is 0 Å². The van der Waals surface area contributed by atoms with Crippen molar-refractivity contribution >= 4 is 11.7 Å². The van der Waals surface area contributed by atoms with Gasteiger partial charge in [-0.1, -0.05) is 12.1 Å². The molecular formula is C25H27NO6. The first-order valence-electron chi connectivity index (χ1n) is 10.5. The summed E-state index contributed by atoms with van der Waals surface area (Å²) in [5, 5.41) is 2.96. The molecule has 7 nitrogen and oxygen atoms in total. The fourth-order valence-electron chi connectivity index (χ4n) is 4.66. The molecule has 0 aromatic heterocycles. The van der Waals surface area contributed by atoms with Gasteiger partial charge in [-0.15, -0.1) is 0 Å². The summed E-state index contributed by atoms with van der Waals surface area (Å²) in [7, 11) is 6.32. The summed E-state index contributed by atoms with van der Waals surface area (Å²) in [6.45, 7) is 0. The Hall–Kier alpha value is -3.48. The van der Waals surface area contributed by atoms with Gasteiger partial charge in [0.15, 0.2) is 28.8 Å². The zero-order valence-corrected chi connectivity index (χ0v) is 18.7. The summed E-state index contributed by atoms with van der Waals surface area (Å²) >= 11 is 0. The molecule has 0 spiro atoms. The molecule has 0 bridgehead atoms. The number of carbonyl (C=O) groups excluding carboxylic acids is 2. The third-order valence-corrected chi connectivity index (χ3v) is 6.23. The van der Waals surface area contributed by atoms with Crippen LogP contribution in [0.3, 0.4) is 0 Å². The van der Waals surface area contributed by atoms with Crippen LogP contribution in [-0.2, 0) is 9.59 Å². The van der Waals surface area contributed by atoms with Crippen molar-refractivity contribution in [1.29, 1.82) is 0 Å². The topological polar surface area (TPSA) is 83.1 Å². The lowest BCUT2D eigenvalue weighted by Crippen LogP contribution is -2.38. The highest BCUT2D eigenvalue weighted by Crippen LogP contribution is 2.45. The minimum Gasteiger partial charge on any atom is -0.493 e. The van der Waals surface area contributed by atoms with Crippen LogP contribution in [0.2, 0.25) is 0 Å². The molecule has 1 N–H and O–H groups in total. The highest BCUT2D eigenvalue weighted by molar-refractivity contribution is 6.02. The number of hydrogen-bond acceptors (Lipinski definition) is 6. The Morgan fingerprint density at radius 1 is 0.719 bits per heavy atom. The van der Waals surface area contributed by atoms with E-state index in [1.807, 2.05) is 30.3 Å². The Morgan fingerprint density at radius 2 is 1.28 bits per heavy atom. The molecule has 1 heterocycles. The molecule has 2 aromatic carbocycles. The van der Waals surface area contributed by atoms with Gasteiger partial charge in [-0.2, -0.15) is 0 Å². The van der Waals surface area contributed by atoms with E-state index in [1.54, 1.807) is 34.5 Å². The number of hydrogen-bond donors (Lipinski definition) is 1. The highest BCUT2D eigenvalue weighted by atomic mass is 16.5. The summed E-state index contributed by atoms with van der Waals surface area (Å²) in [5.74, 6) is 2.03. The van der Waals surface area contributed by atoms with E-state index in [0.717, 1.165) is 11.1 Å². The van der Waals surface area contributed by atoms with Crippen molar-refractivity contribution in [2.24, 2.45) is 0 Å². The molecule has 0 radical (unpaired) electrons. The number of benzene rings is 2. The van der Waals surface area contributed by atoms with Gasteiger partial charge < -0.3 is 24.3 Å². The van der Waals surface area contributed by atoms with Crippen molar-refractivity contribution in [3.05, 3.63) is 58.8 Å². The SMILES string of the molecule is COc1ccc([C@@H]2CC(=O)C3=C(C2)NC(=O)C[C@@H]3c2ccc(OC)c(OC)c2)cc1OC. The van der Waals surface area contributed by atoms with E-state index < -0.39 is 0 Å². The Labute approximate surface area is 187 Å². The molecule has 168 valence electrons. The molecule has 0 fully saturated rings. The van der Waals surface area contributed by atoms with Crippen LogP contribution < -0.4 is 24.3 Å². The molecule has 1 aliphatic heterocycles. The minimum absolute atomic E-state index is 0.0471. The van der Waals surface area contributed by atoms with Crippen LogP contribution in [0.15, 0.2) is 47.7 Å². The van der Waals surface area contributed by atoms with Crippen molar-refractivity contribution in [3.8, 4) is 23.0 Å². The molecule has 2 aromatic rings. The molecule has 2 aliphatic rings. The highest BCUT2D eigenvalue weighted by Gasteiger charge is 2.38. The number of nitrogens with one attached hydrogen (secondary N) is 1. The van der Waals surface area contributed by atoms with Crippen LogP contribution in [0.25, 0.3) is 0 Å². The van der Waals surface area contributed by atoms with Crippen molar-refractivity contribution in [2.45, 2.75) is 31.1 Å². The Morgan fingerprint density at radius 3 is 1.88 bits per heavy atom. The van der Waals surface area contributed by atoms with Crippen LogP contribution in [0.5, 0.6) is 23.0 Å². The monoisotopic (exact) mass is 437 g/mol. The summed E-state index contributed by atoms with van der Waals surface area (Å²) in [6, 6.07) is 11.2. The largest absolute Gasteiger partial charge is 0.493 e. The molecule has 1 amide bonds. The molecule has 0 unspecified atom stereocenters. The fraction of sp³-hybridized carbons (Fsp3) is 0.360. The lowest BCUT2D eigenvalue weighted by atomic mass is 9.73. The third-order valence-electron chi connectivity index (χ3n) is 6.23. The van der Waals surface area contributed by atoms with Gasteiger partial charge in [0.25, 0.3) is 0 Å². The number of ketones is 1. The maximum Gasteiger partial charge on any atom is 0.225 e. The van der Waals surface area contributed by atoms with E-state index in [0.29, 0.717) is 47.1 Å². The van der Waals surface area contributed by atoms with Crippen LogP contribution >= 0.6 is 0 Å². The first-order valence-corrected chi connectivity index (χ1v) is 10.5. The molecule has 32 heavy (non-hydrogen) atoms. The van der Waals surface area contributed by atoms with E-state index in [-0.39, 0.29) is 29.9 Å². The minimum atomic E-state index is -0.308. The predicted octanol–water partition coefficient (Wildman–Crippen LogP) is 3.73. The Kier molecular flexibility index (Phi) is 6.08. The van der Waals surface area contributed by atoms with Crippen molar-refractivity contribution in [2.75, 3.05) is 28.4 Å². The second-order valence-electron chi connectivity index (χ2n) is 7.95. The first kappa shape index (κ1) is 21.7. The third kappa shape index (κ3) is 3.90. The van der Waals surface area contributed by atoms with Crippen LogP contribution in [0.1, 0.15) is 42.2 Å². The number of ether oxygens (including phenoxy) is 4. The fourth-order valence-corrected chi connectivity index (χ4v) is 4.66. The van der Waals surface area contributed by atoms with E-state index >= 15 is 0 Å². The second kappa shape index (κ2) is 8.94. The first-order chi connectivity index (χ1) is 15.5. The number of Topliss-reactive ketones (excluding diaryl/α,β-unsaturated/α-hetero) is 1. The zero-order valence-electron chi connectivity index (χ0n) is 18.7. The average molecular weight is 437 g/mol. The summed E-state index contributed by atoms with van der Waals surface area (Å²) < 4.78 is 21.5. The molecule has 2 atom stereocenters. The molecule has 0 saturated carbocycles. The Balaban J connectivity index is 1.69. The molecule has 1 aliphatic carbocycles. The van der Waals surface area contributed by atoms with E-state index in [1.165, 1.54) is 0 Å². The maximum absolute atomic E-state index is 13.3. The van der Waals surface area contributed by atoms with Crippen molar-refractivity contribution in [1.82, 2.24) is 5.32 Å². The van der Waals surface area contributed by atoms with E-state index in [2.05, 4.69) is 5.32 Å². The average Bonchev–Trinajstić information content (AvgIpc) is 2.82. The molecule has 4 rings (SSSR count). The van der Waals surface area contributed by atoms with Crippen LogP contribution in [-0.4, -0.2) is 40.1 Å². The number of amides is 1. The van der Waals surface area contributed by atoms with Gasteiger partial charge in [0.2, 0.25) is 5.91 Å². The van der Waals surface area contributed by atoms with Gasteiger partial charge in [0.05, 0.1) is 28.4 Å². The summed E-state index contributed by atoms with van der Waals surface area (Å²) in [6.07, 6.45) is 1.17. The van der Waals surface area contributed by atoms with Gasteiger partial charge in [-0.05, 0) is 47.7 Å². The molecular weight excluding hydrogens is 410 g/mol. The number of allylic oxidation sites excluding steroid dienone is 2. The van der Waals surface area contributed by atoms with E-state index in [9.17, 15) is 9.59 Å². The van der Waals surface area contributed by atoms with Gasteiger partial charge in [-0.25, -0.2) is 0 Å². The molecule has 7 heteroatoms. The predicted molar refractivity (Wildman–Crippen MR) is 119 cm³/mol. The second-order valence-corrected chi connectivity index (χ2v) is 7.95. The van der Waals surface area contributed by atoms with Gasteiger partial charge in [0.1, 0.15) is 0 Å². The van der Waals surface area contributed by atoms with E-state index in [4.69, 9.17) is 18.9 Å². The van der Waals surface area contributed by atoms with Gasteiger partial charge in [-0.3, -0.25) is 9.59 Å². The normalized spacial score (nSPS) is 20.4. The van der Waals surface area contributed by atoms with Gasteiger partial charge in [0, 0.05) is 30.0 Å². The summed E-state index contributed by atoms with van der Waals surface area (Å²) in [5.41, 5.74) is 3.23. The summed E-state index contributed by atoms with van der Waals surface area (Å²) in [4.78, 5) is 25.9. The zero-order chi connectivity index (χ0) is 22.8. The quantitative estimate of drug-likeness (QED) is 0.742. The number of methoxy groups -OCH3 is 4.